The fourth-order valence-electron chi connectivity index (χ4n) is 1.26. The van der Waals surface area contributed by atoms with Crippen molar-refractivity contribution in [2.75, 3.05) is 0 Å². The fraction of sp³-hybridized carbons (Fsp3) is 0.625. The van der Waals surface area contributed by atoms with E-state index >= 15 is 0 Å². The van der Waals surface area contributed by atoms with E-state index in [1.807, 2.05) is 0 Å². The lowest BCUT2D eigenvalue weighted by molar-refractivity contribution is -0.134. The van der Waals surface area contributed by atoms with Crippen molar-refractivity contribution < 1.29 is 14.4 Å². The number of carbonyl (C=O) groups excluding carboxylic acids is 3. The number of aldehydes is 1. The Bertz CT molecular complexity index is 227. The highest BCUT2D eigenvalue weighted by atomic mass is 16.2. The molecule has 0 bridgehead atoms. The Morgan fingerprint density at radius 2 is 2.00 bits per heavy atom. The Balaban J connectivity index is 2.97. The van der Waals surface area contributed by atoms with Crippen molar-refractivity contribution in [3.63, 3.8) is 0 Å². The van der Waals surface area contributed by atoms with Gasteiger partial charge in [-0.2, -0.15) is 0 Å². The molecular weight excluding hydrogens is 144 g/mol. The van der Waals surface area contributed by atoms with E-state index in [1.54, 1.807) is 13.8 Å². The minimum absolute atomic E-state index is 0.0926. The number of carbonyl (C=O) groups is 3. The molecule has 1 aliphatic rings. The first kappa shape index (κ1) is 8.11. The van der Waals surface area contributed by atoms with Crippen molar-refractivity contribution in [1.82, 2.24) is 0 Å². The maximum absolute atomic E-state index is 11.2. The molecule has 0 aliphatic heterocycles. The Labute approximate surface area is 64.8 Å². The average molecular weight is 154 g/mol. The lowest BCUT2D eigenvalue weighted by Gasteiger charge is -2.11. The summed E-state index contributed by atoms with van der Waals surface area (Å²) in [6.07, 6.45) is 0.657. The topological polar surface area (TPSA) is 51.2 Å². The van der Waals surface area contributed by atoms with Gasteiger partial charge in [-0.3, -0.25) is 9.59 Å². The molecule has 0 heterocycles. The molecular formula is C8H10O3. The van der Waals surface area contributed by atoms with Gasteiger partial charge in [-0.15, -0.1) is 0 Å². The molecule has 0 saturated heterocycles. The first-order valence-electron chi connectivity index (χ1n) is 3.53. The summed E-state index contributed by atoms with van der Waals surface area (Å²) in [4.78, 5) is 32.6. The summed E-state index contributed by atoms with van der Waals surface area (Å²) in [7, 11) is 0. The zero-order valence-corrected chi connectivity index (χ0v) is 6.59. The van der Waals surface area contributed by atoms with Gasteiger partial charge in [0.1, 0.15) is 12.1 Å². The van der Waals surface area contributed by atoms with Crippen LogP contribution in [-0.2, 0) is 14.4 Å². The van der Waals surface area contributed by atoms with Crippen LogP contribution in [0.1, 0.15) is 20.3 Å². The molecule has 3 heteroatoms. The van der Waals surface area contributed by atoms with E-state index in [9.17, 15) is 14.4 Å². The van der Waals surface area contributed by atoms with Crippen LogP contribution in [0.3, 0.4) is 0 Å². The summed E-state index contributed by atoms with van der Waals surface area (Å²) in [5, 5.41) is 0. The van der Waals surface area contributed by atoms with E-state index in [0.717, 1.165) is 0 Å². The number of Topliss-reactive ketones (excluding diaryl/α,β-unsaturated/α-hetero) is 2. The second-order valence-corrected chi connectivity index (χ2v) is 3.36. The van der Waals surface area contributed by atoms with Crippen LogP contribution in [-0.4, -0.2) is 17.9 Å². The van der Waals surface area contributed by atoms with Crippen LogP contribution in [0, 0.1) is 11.3 Å². The summed E-state index contributed by atoms with van der Waals surface area (Å²) in [5.74, 6) is -1.05. The molecule has 3 nitrogen and oxygen atoms in total. The molecule has 1 saturated carbocycles. The molecule has 1 fully saturated rings. The number of ketones is 2. The predicted molar refractivity (Wildman–Crippen MR) is 38.0 cm³/mol. The highest BCUT2D eigenvalue weighted by Gasteiger charge is 2.47. The van der Waals surface area contributed by atoms with Crippen molar-refractivity contribution in [3.8, 4) is 0 Å². The lowest BCUT2D eigenvalue weighted by atomic mass is 9.88. The van der Waals surface area contributed by atoms with Crippen LogP contribution in [0.15, 0.2) is 0 Å². The number of rotatable bonds is 1. The third kappa shape index (κ3) is 1.00. The van der Waals surface area contributed by atoms with Gasteiger partial charge in [0, 0.05) is 6.42 Å². The summed E-state index contributed by atoms with van der Waals surface area (Å²) < 4.78 is 0. The van der Waals surface area contributed by atoms with Gasteiger partial charge in [0.05, 0.1) is 11.3 Å². The van der Waals surface area contributed by atoms with Crippen molar-refractivity contribution in [3.05, 3.63) is 0 Å². The van der Waals surface area contributed by atoms with E-state index in [0.29, 0.717) is 6.29 Å². The normalized spacial score (nSPS) is 29.1. The summed E-state index contributed by atoms with van der Waals surface area (Å²) in [6, 6.07) is 0. The molecule has 0 N–H and O–H groups in total. The lowest BCUT2D eigenvalue weighted by Crippen LogP contribution is -2.26. The zero-order valence-electron chi connectivity index (χ0n) is 6.59. The highest BCUT2D eigenvalue weighted by Crippen LogP contribution is 2.33. The van der Waals surface area contributed by atoms with E-state index in [1.165, 1.54) is 0 Å². The van der Waals surface area contributed by atoms with Crippen LogP contribution in [0.25, 0.3) is 0 Å². The minimum Gasteiger partial charge on any atom is -0.303 e. The predicted octanol–water partition coefficient (Wildman–Crippen LogP) is 0.370. The molecule has 1 rings (SSSR count). The molecule has 0 aromatic rings. The Kier molecular flexibility index (Phi) is 1.66. The van der Waals surface area contributed by atoms with Crippen LogP contribution in [0.5, 0.6) is 0 Å². The van der Waals surface area contributed by atoms with Gasteiger partial charge in [0.15, 0.2) is 5.78 Å². The van der Waals surface area contributed by atoms with Gasteiger partial charge in [0.2, 0.25) is 0 Å². The molecule has 1 atom stereocenters. The van der Waals surface area contributed by atoms with Crippen LogP contribution in [0.2, 0.25) is 0 Å². The quantitative estimate of drug-likeness (QED) is 0.405. The van der Waals surface area contributed by atoms with Crippen molar-refractivity contribution in [1.29, 1.82) is 0 Å². The summed E-state index contributed by atoms with van der Waals surface area (Å²) in [6.45, 7) is 3.14. The Hall–Kier alpha value is -0.990. The molecule has 11 heavy (non-hydrogen) atoms. The van der Waals surface area contributed by atoms with Gasteiger partial charge >= 0.3 is 0 Å². The van der Waals surface area contributed by atoms with Crippen molar-refractivity contribution >= 4 is 17.9 Å². The van der Waals surface area contributed by atoms with Crippen LogP contribution in [0.4, 0.5) is 0 Å². The van der Waals surface area contributed by atoms with Gasteiger partial charge in [-0.1, -0.05) is 0 Å². The minimum atomic E-state index is -0.925. The monoisotopic (exact) mass is 154 g/mol. The molecule has 0 radical (unpaired) electrons. The average Bonchev–Trinajstić information content (AvgIpc) is 2.14. The third-order valence-electron chi connectivity index (χ3n) is 2.22. The maximum Gasteiger partial charge on any atom is 0.156 e. The van der Waals surface area contributed by atoms with Crippen LogP contribution < -0.4 is 0 Å². The van der Waals surface area contributed by atoms with E-state index in [-0.39, 0.29) is 18.0 Å². The van der Waals surface area contributed by atoms with Gasteiger partial charge in [-0.05, 0) is 13.8 Å². The fourth-order valence-corrected chi connectivity index (χ4v) is 1.26. The number of hydrogen-bond acceptors (Lipinski definition) is 3. The first-order valence-corrected chi connectivity index (χ1v) is 3.53. The van der Waals surface area contributed by atoms with Gasteiger partial charge < -0.3 is 4.79 Å². The van der Waals surface area contributed by atoms with E-state index < -0.39 is 11.3 Å². The third-order valence-corrected chi connectivity index (χ3v) is 2.22. The second-order valence-electron chi connectivity index (χ2n) is 3.36. The smallest absolute Gasteiger partial charge is 0.156 e. The molecule has 0 amide bonds. The van der Waals surface area contributed by atoms with E-state index in [2.05, 4.69) is 0 Å². The maximum atomic E-state index is 11.2. The second kappa shape index (κ2) is 2.26. The standard InChI is InChI=1S/C8H10O3/c1-8(2)6(10)3-5(4-9)7(8)11/h4-5H,3H2,1-2H3/t5-/m0/s1. The molecule has 0 aromatic heterocycles. The molecule has 1 aliphatic carbocycles. The zero-order chi connectivity index (χ0) is 8.65. The first-order chi connectivity index (χ1) is 5.00. The molecule has 0 unspecified atom stereocenters. The molecule has 0 aromatic carbocycles. The SMILES string of the molecule is CC1(C)C(=O)C[C@@H](C=O)C1=O. The highest BCUT2D eigenvalue weighted by molar-refractivity contribution is 6.18. The Morgan fingerprint density at radius 3 is 2.18 bits per heavy atom. The Morgan fingerprint density at radius 1 is 1.45 bits per heavy atom. The van der Waals surface area contributed by atoms with E-state index in [4.69, 9.17) is 0 Å². The van der Waals surface area contributed by atoms with Crippen molar-refractivity contribution in [2.24, 2.45) is 11.3 Å². The molecule has 0 spiro atoms. The van der Waals surface area contributed by atoms with Gasteiger partial charge in [-0.25, -0.2) is 0 Å². The largest absolute Gasteiger partial charge is 0.303 e. The summed E-state index contributed by atoms with van der Waals surface area (Å²) >= 11 is 0. The number of hydrogen-bond donors (Lipinski definition) is 0. The van der Waals surface area contributed by atoms with Crippen LogP contribution >= 0.6 is 0 Å². The molecule has 60 valence electrons. The summed E-state index contributed by atoms with van der Waals surface area (Å²) in [5.41, 5.74) is -0.925. The van der Waals surface area contributed by atoms with Gasteiger partial charge in [0.25, 0.3) is 0 Å². The van der Waals surface area contributed by atoms with Crippen molar-refractivity contribution in [2.45, 2.75) is 20.3 Å².